The number of hydrogen-bond acceptors (Lipinski definition) is 5. The number of aromatic nitrogens is 2. The number of nitrogens with zero attached hydrogens (tertiary/aromatic N) is 3. The number of pyridine rings is 2. The largest absolute Gasteiger partial charge is 0.417 e. The second-order valence-corrected chi connectivity index (χ2v) is 8.36. The number of aryl methyl sites for hydroxylation is 1. The minimum absolute atomic E-state index is 0.0361. The number of primary amides is 1. The van der Waals surface area contributed by atoms with Crippen molar-refractivity contribution in [3.8, 4) is 0 Å². The molecule has 2 aromatic heterocycles. The van der Waals surface area contributed by atoms with Crippen molar-refractivity contribution in [3.63, 3.8) is 0 Å². The first-order valence-corrected chi connectivity index (χ1v) is 10.9. The zero-order chi connectivity index (χ0) is 26.0. The Hall–Kier alpha value is -4.47. The summed E-state index contributed by atoms with van der Waals surface area (Å²) in [6, 6.07) is 15.4. The van der Waals surface area contributed by atoms with Gasteiger partial charge in [0.15, 0.2) is 0 Å². The number of fused-ring (bicyclic) bond motifs is 1. The van der Waals surface area contributed by atoms with Crippen molar-refractivity contribution in [2.45, 2.75) is 26.2 Å². The van der Waals surface area contributed by atoms with E-state index < -0.39 is 17.6 Å². The molecule has 2 aromatic carbocycles. The van der Waals surface area contributed by atoms with E-state index in [9.17, 15) is 22.8 Å². The first-order chi connectivity index (χ1) is 17.0. The number of anilines is 1. The lowest BCUT2D eigenvalue weighted by molar-refractivity contribution is -0.137. The van der Waals surface area contributed by atoms with Crippen molar-refractivity contribution in [2.24, 2.45) is 5.73 Å². The predicted octanol–water partition coefficient (Wildman–Crippen LogP) is 4.48. The molecule has 2 heterocycles. The minimum Gasteiger partial charge on any atom is -0.383 e. The van der Waals surface area contributed by atoms with Crippen molar-refractivity contribution in [1.29, 1.82) is 0 Å². The zero-order valence-corrected chi connectivity index (χ0v) is 19.2. The normalized spacial score (nSPS) is 11.4. The maximum atomic E-state index is 13.5. The van der Waals surface area contributed by atoms with Gasteiger partial charge in [-0.3, -0.25) is 14.6 Å². The number of nitrogen functional groups attached to an aromatic ring is 1. The molecule has 4 aromatic rings. The Morgan fingerprint density at radius 3 is 2.25 bits per heavy atom. The molecule has 4 N–H and O–H groups in total. The third-order valence-corrected chi connectivity index (χ3v) is 5.70. The van der Waals surface area contributed by atoms with Crippen LogP contribution in [0, 0.1) is 6.92 Å². The van der Waals surface area contributed by atoms with E-state index in [0.29, 0.717) is 28.0 Å². The molecule has 0 spiro atoms. The number of halogens is 3. The van der Waals surface area contributed by atoms with Crippen molar-refractivity contribution in [2.75, 3.05) is 5.73 Å². The average molecular weight is 493 g/mol. The van der Waals surface area contributed by atoms with E-state index >= 15 is 0 Å². The van der Waals surface area contributed by atoms with Crippen LogP contribution in [-0.2, 0) is 19.3 Å². The molecule has 0 fully saturated rings. The summed E-state index contributed by atoms with van der Waals surface area (Å²) in [7, 11) is 0. The zero-order valence-electron chi connectivity index (χ0n) is 19.2. The summed E-state index contributed by atoms with van der Waals surface area (Å²) < 4.78 is 38.8. The Morgan fingerprint density at radius 1 is 0.944 bits per heavy atom. The summed E-state index contributed by atoms with van der Waals surface area (Å²) in [5, 5.41) is 0.728. The van der Waals surface area contributed by atoms with Crippen molar-refractivity contribution >= 4 is 28.5 Å². The highest BCUT2D eigenvalue weighted by atomic mass is 19.4. The van der Waals surface area contributed by atoms with Gasteiger partial charge < -0.3 is 16.4 Å². The molecular weight excluding hydrogens is 471 g/mol. The smallest absolute Gasteiger partial charge is 0.383 e. The van der Waals surface area contributed by atoms with Gasteiger partial charge in [0.2, 0.25) is 5.91 Å². The molecule has 0 unspecified atom stereocenters. The molecule has 2 amide bonds. The van der Waals surface area contributed by atoms with Gasteiger partial charge in [0.1, 0.15) is 5.82 Å². The maximum absolute atomic E-state index is 13.5. The second-order valence-electron chi connectivity index (χ2n) is 8.36. The molecule has 0 saturated heterocycles. The van der Waals surface area contributed by atoms with Crippen LogP contribution in [0.3, 0.4) is 0 Å². The Balaban J connectivity index is 1.67. The third-order valence-electron chi connectivity index (χ3n) is 5.70. The standard InChI is InChI=1S/C26H22F3N5O2/c1-15-10-19-11-18(6-9-22(19)33-23(15)30)25(36)34(13-16-2-4-17(5-3-16)24(31)35)14-21-8-7-20(12-32-21)26(27,28)29/h2-12H,13-14H2,1H3,(H2,30,33)(H2,31,35). The number of amides is 2. The van der Waals surface area contributed by atoms with Crippen molar-refractivity contribution < 1.29 is 22.8 Å². The van der Waals surface area contributed by atoms with Crippen LogP contribution in [0.1, 0.15) is 43.1 Å². The molecule has 0 aliphatic carbocycles. The van der Waals surface area contributed by atoms with Crippen LogP contribution in [0.4, 0.5) is 19.0 Å². The summed E-state index contributed by atoms with van der Waals surface area (Å²) in [5.41, 5.74) is 13.4. The Kier molecular flexibility index (Phi) is 6.61. The van der Waals surface area contributed by atoms with E-state index in [1.807, 2.05) is 13.0 Å². The fourth-order valence-electron chi connectivity index (χ4n) is 3.69. The van der Waals surface area contributed by atoms with E-state index in [0.717, 1.165) is 23.2 Å². The van der Waals surface area contributed by atoms with Gasteiger partial charge >= 0.3 is 6.18 Å². The van der Waals surface area contributed by atoms with Gasteiger partial charge in [0.05, 0.1) is 23.3 Å². The number of carbonyl (C=O) groups excluding carboxylic acids is 2. The number of carbonyl (C=O) groups is 2. The highest BCUT2D eigenvalue weighted by molar-refractivity contribution is 5.98. The molecule has 10 heteroatoms. The van der Waals surface area contributed by atoms with Gasteiger partial charge in [-0.2, -0.15) is 13.2 Å². The van der Waals surface area contributed by atoms with Crippen LogP contribution >= 0.6 is 0 Å². The van der Waals surface area contributed by atoms with Gasteiger partial charge in [-0.1, -0.05) is 12.1 Å². The number of benzene rings is 2. The molecule has 36 heavy (non-hydrogen) atoms. The summed E-state index contributed by atoms with van der Waals surface area (Å²) in [6.07, 6.45) is -3.77. The van der Waals surface area contributed by atoms with E-state index in [4.69, 9.17) is 11.5 Å². The fourth-order valence-corrected chi connectivity index (χ4v) is 3.69. The van der Waals surface area contributed by atoms with Gasteiger partial charge in [0, 0.05) is 29.3 Å². The highest BCUT2D eigenvalue weighted by Gasteiger charge is 2.30. The second kappa shape index (κ2) is 9.65. The SMILES string of the molecule is Cc1cc2cc(C(=O)N(Cc3ccc(C(N)=O)cc3)Cc3ccc(C(F)(F)F)cn3)ccc2nc1N. The van der Waals surface area contributed by atoms with Crippen LogP contribution in [0.5, 0.6) is 0 Å². The quantitative estimate of drug-likeness (QED) is 0.411. The van der Waals surface area contributed by atoms with Gasteiger partial charge in [-0.05, 0) is 66.6 Å². The molecule has 0 saturated carbocycles. The summed E-state index contributed by atoms with van der Waals surface area (Å²) in [5.74, 6) is -0.535. The van der Waals surface area contributed by atoms with Gasteiger partial charge in [-0.25, -0.2) is 4.98 Å². The van der Waals surface area contributed by atoms with Crippen molar-refractivity contribution in [3.05, 3.63) is 100 Å². The van der Waals surface area contributed by atoms with E-state index in [-0.39, 0.29) is 24.7 Å². The topological polar surface area (TPSA) is 115 Å². The maximum Gasteiger partial charge on any atom is 0.417 e. The van der Waals surface area contributed by atoms with E-state index in [1.54, 1.807) is 42.5 Å². The first kappa shape index (κ1) is 24.6. The predicted molar refractivity (Wildman–Crippen MR) is 129 cm³/mol. The summed E-state index contributed by atoms with van der Waals surface area (Å²) >= 11 is 0. The first-order valence-electron chi connectivity index (χ1n) is 10.9. The Bertz CT molecular complexity index is 1440. The van der Waals surface area contributed by atoms with Crippen LogP contribution in [0.2, 0.25) is 0 Å². The summed E-state index contributed by atoms with van der Waals surface area (Å²) in [4.78, 5) is 34.6. The molecule has 0 aliphatic heterocycles. The van der Waals surface area contributed by atoms with Crippen LogP contribution in [0.15, 0.2) is 66.9 Å². The number of nitrogens with two attached hydrogens (primary N) is 2. The molecule has 0 atom stereocenters. The lowest BCUT2D eigenvalue weighted by Crippen LogP contribution is -2.30. The van der Waals surface area contributed by atoms with Gasteiger partial charge in [0.25, 0.3) is 5.91 Å². The number of rotatable bonds is 6. The van der Waals surface area contributed by atoms with Crippen molar-refractivity contribution in [1.82, 2.24) is 14.9 Å². The molecule has 0 radical (unpaired) electrons. The average Bonchev–Trinajstić information content (AvgIpc) is 2.84. The lowest BCUT2D eigenvalue weighted by atomic mass is 10.1. The summed E-state index contributed by atoms with van der Waals surface area (Å²) in [6.45, 7) is 1.90. The monoisotopic (exact) mass is 493 g/mol. The molecule has 0 aliphatic rings. The van der Waals surface area contributed by atoms with Crippen LogP contribution in [0.25, 0.3) is 10.9 Å². The minimum atomic E-state index is -4.51. The number of hydrogen-bond donors (Lipinski definition) is 2. The van der Waals surface area contributed by atoms with E-state index in [2.05, 4.69) is 9.97 Å². The lowest BCUT2D eigenvalue weighted by Gasteiger charge is -2.23. The molecule has 7 nitrogen and oxygen atoms in total. The molecule has 184 valence electrons. The van der Waals surface area contributed by atoms with E-state index in [1.165, 1.54) is 11.0 Å². The third kappa shape index (κ3) is 5.43. The van der Waals surface area contributed by atoms with Crippen LogP contribution < -0.4 is 11.5 Å². The fraction of sp³-hybridized carbons (Fsp3) is 0.154. The molecule has 0 bridgehead atoms. The molecule has 4 rings (SSSR count). The number of alkyl halides is 3. The van der Waals surface area contributed by atoms with Crippen LogP contribution in [-0.4, -0.2) is 26.7 Å². The Morgan fingerprint density at radius 2 is 1.64 bits per heavy atom. The Labute approximate surface area is 204 Å². The molecular formula is C26H22F3N5O2. The van der Waals surface area contributed by atoms with Gasteiger partial charge in [-0.15, -0.1) is 0 Å². The highest BCUT2D eigenvalue weighted by Crippen LogP contribution is 2.28.